The lowest BCUT2D eigenvalue weighted by molar-refractivity contribution is -0.314. The third-order valence-electron chi connectivity index (χ3n) is 5.47. The molecule has 4 heteroatoms. The number of ether oxygens (including phenoxy) is 3. The van der Waals surface area contributed by atoms with E-state index in [1.54, 1.807) is 0 Å². The number of hydrogen-bond acceptors (Lipinski definition) is 4. The molecule has 0 radical (unpaired) electrons. The van der Waals surface area contributed by atoms with Gasteiger partial charge in [-0.1, -0.05) is 30.3 Å². The molecule has 0 aliphatic carbocycles. The molecule has 1 aromatic carbocycles. The number of aldehydes is 1. The Kier molecular flexibility index (Phi) is 7.66. The maximum absolute atomic E-state index is 10.8. The molecule has 0 aromatic heterocycles. The largest absolute Gasteiger partial charge is 0.377 e. The number of carbonyl (C=O) groups is 1. The Morgan fingerprint density at radius 3 is 2.54 bits per heavy atom. The second kappa shape index (κ2) is 10.2. The molecule has 3 atom stereocenters. The zero-order valence-corrected chi connectivity index (χ0v) is 15.7. The van der Waals surface area contributed by atoms with E-state index in [0.717, 1.165) is 70.7 Å². The zero-order valence-electron chi connectivity index (χ0n) is 15.7. The van der Waals surface area contributed by atoms with Crippen LogP contribution in [0.15, 0.2) is 30.3 Å². The van der Waals surface area contributed by atoms with Crippen molar-refractivity contribution in [2.45, 2.75) is 88.8 Å². The van der Waals surface area contributed by atoms with Gasteiger partial charge in [0.2, 0.25) is 0 Å². The van der Waals surface area contributed by atoms with Crippen LogP contribution in [-0.4, -0.2) is 30.9 Å². The average molecular weight is 360 g/mol. The Hall–Kier alpha value is -1.23. The van der Waals surface area contributed by atoms with Crippen LogP contribution in [0.3, 0.4) is 0 Å². The summed E-state index contributed by atoms with van der Waals surface area (Å²) in [5.41, 5.74) is 1.23. The van der Waals surface area contributed by atoms with Crippen molar-refractivity contribution in [2.75, 3.05) is 6.61 Å². The molecule has 2 saturated heterocycles. The van der Waals surface area contributed by atoms with Crippen LogP contribution in [0, 0.1) is 0 Å². The summed E-state index contributed by atoms with van der Waals surface area (Å²) >= 11 is 0. The van der Waals surface area contributed by atoms with Crippen LogP contribution in [0.5, 0.6) is 0 Å². The summed E-state index contributed by atoms with van der Waals surface area (Å²) < 4.78 is 18.4. The fourth-order valence-corrected chi connectivity index (χ4v) is 4.13. The van der Waals surface area contributed by atoms with E-state index in [1.165, 1.54) is 5.56 Å². The highest BCUT2D eigenvalue weighted by Crippen LogP contribution is 2.40. The zero-order chi connectivity index (χ0) is 18.1. The van der Waals surface area contributed by atoms with Crippen LogP contribution in [0.4, 0.5) is 0 Å². The standard InChI is InChI=1S/C22H32O4/c23-16-13-21-12-7-15-22(26-21)14-6-11-20(25-22)10-4-5-17-24-18-19-8-2-1-3-9-19/h1-3,8-9,16,20-21H,4-7,10-15,17-18H2/t20-,21+,22+/m1/s1. The normalized spacial score (nSPS) is 28.9. The van der Waals surface area contributed by atoms with Gasteiger partial charge in [-0.25, -0.2) is 0 Å². The molecule has 144 valence electrons. The van der Waals surface area contributed by atoms with E-state index >= 15 is 0 Å². The van der Waals surface area contributed by atoms with Gasteiger partial charge in [0.25, 0.3) is 0 Å². The van der Waals surface area contributed by atoms with Gasteiger partial charge < -0.3 is 19.0 Å². The molecule has 2 aliphatic rings. The Morgan fingerprint density at radius 2 is 1.77 bits per heavy atom. The highest BCUT2D eigenvalue weighted by Gasteiger charge is 2.42. The average Bonchev–Trinajstić information content (AvgIpc) is 2.66. The quantitative estimate of drug-likeness (QED) is 0.469. The highest BCUT2D eigenvalue weighted by atomic mass is 16.7. The van der Waals surface area contributed by atoms with E-state index in [2.05, 4.69) is 12.1 Å². The summed E-state index contributed by atoms with van der Waals surface area (Å²) in [4.78, 5) is 10.8. The first-order chi connectivity index (χ1) is 12.8. The molecule has 2 heterocycles. The van der Waals surface area contributed by atoms with Crippen LogP contribution < -0.4 is 0 Å². The molecule has 3 rings (SSSR count). The monoisotopic (exact) mass is 360 g/mol. The number of carbonyl (C=O) groups excluding carboxylic acids is 1. The van der Waals surface area contributed by atoms with E-state index < -0.39 is 5.79 Å². The topological polar surface area (TPSA) is 44.8 Å². The van der Waals surface area contributed by atoms with Crippen LogP contribution in [0.1, 0.15) is 69.8 Å². The minimum Gasteiger partial charge on any atom is -0.377 e. The molecule has 0 N–H and O–H groups in total. The molecule has 1 spiro atoms. The molecular formula is C22H32O4. The van der Waals surface area contributed by atoms with Crippen molar-refractivity contribution < 1.29 is 19.0 Å². The maximum Gasteiger partial charge on any atom is 0.169 e. The minimum atomic E-state index is -0.418. The second-order valence-electron chi connectivity index (χ2n) is 7.61. The lowest BCUT2D eigenvalue weighted by atomic mass is 9.91. The van der Waals surface area contributed by atoms with E-state index in [0.29, 0.717) is 13.0 Å². The highest BCUT2D eigenvalue weighted by molar-refractivity contribution is 5.50. The molecular weight excluding hydrogens is 328 g/mol. The van der Waals surface area contributed by atoms with Gasteiger partial charge in [-0.3, -0.25) is 0 Å². The van der Waals surface area contributed by atoms with Crippen molar-refractivity contribution in [2.24, 2.45) is 0 Å². The molecule has 2 fully saturated rings. The fourth-order valence-electron chi connectivity index (χ4n) is 4.13. The van der Waals surface area contributed by atoms with E-state index in [1.807, 2.05) is 18.2 Å². The first-order valence-corrected chi connectivity index (χ1v) is 10.2. The first kappa shape index (κ1) is 19.5. The van der Waals surface area contributed by atoms with Gasteiger partial charge in [-0.05, 0) is 50.5 Å². The Bertz CT molecular complexity index is 528. The molecule has 0 unspecified atom stereocenters. The van der Waals surface area contributed by atoms with Crippen molar-refractivity contribution in [1.82, 2.24) is 0 Å². The summed E-state index contributed by atoms with van der Waals surface area (Å²) in [5.74, 6) is -0.418. The molecule has 4 nitrogen and oxygen atoms in total. The van der Waals surface area contributed by atoms with Crippen molar-refractivity contribution >= 4 is 6.29 Å². The molecule has 2 aliphatic heterocycles. The van der Waals surface area contributed by atoms with Gasteiger partial charge in [-0.15, -0.1) is 0 Å². The number of hydrogen-bond donors (Lipinski definition) is 0. The van der Waals surface area contributed by atoms with Crippen LogP contribution >= 0.6 is 0 Å². The van der Waals surface area contributed by atoms with Crippen molar-refractivity contribution in [3.63, 3.8) is 0 Å². The Morgan fingerprint density at radius 1 is 1.04 bits per heavy atom. The first-order valence-electron chi connectivity index (χ1n) is 10.2. The third kappa shape index (κ3) is 5.90. The predicted octanol–water partition coefficient (Wildman–Crippen LogP) is 4.80. The minimum absolute atomic E-state index is 0.0476. The second-order valence-corrected chi connectivity index (χ2v) is 7.61. The lowest BCUT2D eigenvalue weighted by Gasteiger charge is -2.45. The van der Waals surface area contributed by atoms with Gasteiger partial charge >= 0.3 is 0 Å². The van der Waals surface area contributed by atoms with E-state index in [4.69, 9.17) is 14.2 Å². The van der Waals surface area contributed by atoms with Gasteiger partial charge in [0.15, 0.2) is 5.79 Å². The number of unbranched alkanes of at least 4 members (excludes halogenated alkanes) is 1. The Labute approximate surface area is 157 Å². The number of benzene rings is 1. The predicted molar refractivity (Wildman–Crippen MR) is 101 cm³/mol. The summed E-state index contributed by atoms with van der Waals surface area (Å²) in [5, 5.41) is 0. The summed E-state index contributed by atoms with van der Waals surface area (Å²) in [6.45, 7) is 1.49. The molecule has 0 saturated carbocycles. The third-order valence-corrected chi connectivity index (χ3v) is 5.47. The lowest BCUT2D eigenvalue weighted by Crippen LogP contribution is -2.48. The smallest absolute Gasteiger partial charge is 0.169 e. The molecule has 0 amide bonds. The van der Waals surface area contributed by atoms with Crippen LogP contribution in [-0.2, 0) is 25.6 Å². The van der Waals surface area contributed by atoms with Crippen LogP contribution in [0.25, 0.3) is 0 Å². The maximum atomic E-state index is 10.8. The molecule has 26 heavy (non-hydrogen) atoms. The molecule has 0 bridgehead atoms. The summed E-state index contributed by atoms with van der Waals surface area (Å²) in [7, 11) is 0. The summed E-state index contributed by atoms with van der Waals surface area (Å²) in [6.07, 6.45) is 11.3. The van der Waals surface area contributed by atoms with E-state index in [9.17, 15) is 4.79 Å². The fraction of sp³-hybridized carbons (Fsp3) is 0.682. The van der Waals surface area contributed by atoms with Gasteiger partial charge in [0.1, 0.15) is 6.29 Å². The van der Waals surface area contributed by atoms with Crippen molar-refractivity contribution in [3.8, 4) is 0 Å². The van der Waals surface area contributed by atoms with Gasteiger partial charge in [-0.2, -0.15) is 0 Å². The van der Waals surface area contributed by atoms with Crippen molar-refractivity contribution in [3.05, 3.63) is 35.9 Å². The van der Waals surface area contributed by atoms with E-state index in [-0.39, 0.29) is 12.2 Å². The Balaban J connectivity index is 1.33. The van der Waals surface area contributed by atoms with Gasteiger partial charge in [0, 0.05) is 25.9 Å². The molecule has 1 aromatic rings. The van der Waals surface area contributed by atoms with Gasteiger partial charge in [0.05, 0.1) is 18.8 Å². The van der Waals surface area contributed by atoms with Crippen molar-refractivity contribution in [1.29, 1.82) is 0 Å². The van der Waals surface area contributed by atoms with Crippen LogP contribution in [0.2, 0.25) is 0 Å². The number of rotatable bonds is 9. The summed E-state index contributed by atoms with van der Waals surface area (Å²) in [6, 6.07) is 10.3. The SMILES string of the molecule is O=CC[C@@H]1CCC[C@]2(CCC[C@@H](CCCCOCc3ccccc3)O2)O1.